The molecule has 37 heavy (non-hydrogen) atoms. The van der Waals surface area contributed by atoms with Crippen molar-refractivity contribution in [2.75, 3.05) is 0 Å². The summed E-state index contributed by atoms with van der Waals surface area (Å²) in [5, 5.41) is 0. The van der Waals surface area contributed by atoms with Crippen LogP contribution in [0.2, 0.25) is 0 Å². The maximum Gasteiger partial charge on any atom is 0.532 e. The van der Waals surface area contributed by atoms with Crippen molar-refractivity contribution in [3.05, 3.63) is 142 Å². The lowest BCUT2D eigenvalue weighted by molar-refractivity contribution is -0.0521. The highest BCUT2D eigenvalue weighted by Crippen LogP contribution is 2.22. The van der Waals surface area contributed by atoms with Crippen molar-refractivity contribution in [3.63, 3.8) is 0 Å². The largest absolute Gasteiger partial charge is 0.532 e. The smallest absolute Gasteiger partial charge is 0.515 e. The monoisotopic (exact) mass is 495 g/mol. The minimum absolute atomic E-state index is 0.302. The van der Waals surface area contributed by atoms with Crippen LogP contribution in [-0.4, -0.2) is 6.96 Å². The Morgan fingerprint density at radius 3 is 0.730 bits per heavy atom. The van der Waals surface area contributed by atoms with Crippen molar-refractivity contribution < 1.29 is 18.6 Å². The number of rotatable bonds is 12. The molecule has 0 bridgehead atoms. The SMILES string of the molecule is Cc1ccc(CO[B-](OCc2ccc(C)cc2)(OCc2ccc(C)cc2)OCc2ccc(C)cc2)cc1. The molecule has 4 aromatic rings. The van der Waals surface area contributed by atoms with Gasteiger partial charge in [-0.15, -0.1) is 0 Å². The van der Waals surface area contributed by atoms with Crippen molar-refractivity contribution in [3.8, 4) is 0 Å². The summed E-state index contributed by atoms with van der Waals surface area (Å²) in [5.74, 6) is 0. The van der Waals surface area contributed by atoms with Gasteiger partial charge in [-0.25, -0.2) is 0 Å². The van der Waals surface area contributed by atoms with Gasteiger partial charge in [0.15, 0.2) is 0 Å². The van der Waals surface area contributed by atoms with Crippen LogP contribution in [0.25, 0.3) is 0 Å². The first kappa shape index (κ1) is 26.8. The zero-order chi connectivity index (χ0) is 26.1. The summed E-state index contributed by atoms with van der Waals surface area (Å²) in [7, 11) is 0. The Morgan fingerprint density at radius 1 is 0.351 bits per heavy atom. The van der Waals surface area contributed by atoms with Gasteiger partial charge in [-0.2, -0.15) is 0 Å². The van der Waals surface area contributed by atoms with Crippen LogP contribution in [0.1, 0.15) is 44.5 Å². The van der Waals surface area contributed by atoms with Gasteiger partial charge in [-0.1, -0.05) is 119 Å². The van der Waals surface area contributed by atoms with E-state index in [0.717, 1.165) is 22.3 Å². The summed E-state index contributed by atoms with van der Waals surface area (Å²) in [6.07, 6.45) is 0. The van der Waals surface area contributed by atoms with Gasteiger partial charge in [0.1, 0.15) is 0 Å². The van der Waals surface area contributed by atoms with E-state index in [1.807, 2.05) is 0 Å². The molecule has 0 aliphatic carbocycles. The molecule has 5 heteroatoms. The van der Waals surface area contributed by atoms with Crippen LogP contribution in [-0.2, 0) is 45.0 Å². The first-order valence-electron chi connectivity index (χ1n) is 12.8. The molecule has 0 atom stereocenters. The summed E-state index contributed by atoms with van der Waals surface area (Å²) in [4.78, 5) is 0. The summed E-state index contributed by atoms with van der Waals surface area (Å²) >= 11 is 0. The van der Waals surface area contributed by atoms with E-state index in [2.05, 4.69) is 125 Å². The minimum Gasteiger partial charge on any atom is -0.515 e. The molecule has 0 spiro atoms. The Balaban J connectivity index is 1.58. The number of aryl methyl sites for hydroxylation is 4. The third-order valence-corrected chi connectivity index (χ3v) is 6.30. The van der Waals surface area contributed by atoms with E-state index in [9.17, 15) is 0 Å². The molecule has 192 valence electrons. The molecule has 0 saturated heterocycles. The van der Waals surface area contributed by atoms with Gasteiger partial charge >= 0.3 is 6.96 Å². The summed E-state index contributed by atoms with van der Waals surface area (Å²) in [6, 6.07) is 33.0. The van der Waals surface area contributed by atoms with Gasteiger partial charge in [-0.05, 0) is 49.9 Å². The number of hydrogen-bond donors (Lipinski definition) is 0. The van der Waals surface area contributed by atoms with Crippen LogP contribution >= 0.6 is 0 Å². The maximum absolute atomic E-state index is 6.39. The second-order valence-electron chi connectivity index (χ2n) is 9.76. The third kappa shape index (κ3) is 8.41. The van der Waals surface area contributed by atoms with E-state index in [4.69, 9.17) is 18.6 Å². The highest BCUT2D eigenvalue weighted by Gasteiger charge is 2.33. The maximum atomic E-state index is 6.39. The molecule has 4 aromatic carbocycles. The van der Waals surface area contributed by atoms with Crippen molar-refractivity contribution in [2.24, 2.45) is 0 Å². The molecule has 0 fully saturated rings. The molecule has 0 heterocycles. The average molecular weight is 495 g/mol. The molecule has 4 rings (SSSR count). The molecular formula is C32H36BO4-. The number of benzene rings is 4. The molecule has 0 aliphatic rings. The molecule has 0 amide bonds. The van der Waals surface area contributed by atoms with Crippen LogP contribution in [0.3, 0.4) is 0 Å². The van der Waals surface area contributed by atoms with E-state index in [0.29, 0.717) is 26.4 Å². The second kappa shape index (κ2) is 12.8. The first-order chi connectivity index (χ1) is 17.9. The van der Waals surface area contributed by atoms with E-state index in [1.165, 1.54) is 22.3 Å². The van der Waals surface area contributed by atoms with Gasteiger partial charge in [0.25, 0.3) is 0 Å². The molecule has 0 radical (unpaired) electrons. The predicted molar refractivity (Wildman–Crippen MR) is 150 cm³/mol. The predicted octanol–water partition coefficient (Wildman–Crippen LogP) is 7.52. The Morgan fingerprint density at radius 2 is 0.541 bits per heavy atom. The van der Waals surface area contributed by atoms with Crippen molar-refractivity contribution >= 4 is 6.96 Å². The Bertz CT molecular complexity index is 1030. The van der Waals surface area contributed by atoms with Gasteiger partial charge < -0.3 is 18.6 Å². The molecule has 0 N–H and O–H groups in total. The Labute approximate surface area is 221 Å². The molecular weight excluding hydrogens is 459 g/mol. The molecule has 0 unspecified atom stereocenters. The van der Waals surface area contributed by atoms with Gasteiger partial charge in [0, 0.05) is 26.4 Å². The first-order valence-corrected chi connectivity index (χ1v) is 12.8. The van der Waals surface area contributed by atoms with Crippen molar-refractivity contribution in [1.29, 1.82) is 0 Å². The van der Waals surface area contributed by atoms with Crippen LogP contribution in [0.5, 0.6) is 0 Å². The van der Waals surface area contributed by atoms with E-state index in [1.54, 1.807) is 0 Å². The van der Waals surface area contributed by atoms with Gasteiger partial charge in [0.2, 0.25) is 0 Å². The van der Waals surface area contributed by atoms with Crippen molar-refractivity contribution in [2.45, 2.75) is 54.1 Å². The standard InChI is InChI=1S/C32H36BO4/c1-25-5-13-29(14-6-25)21-34-33(35-22-30-15-7-26(2)8-16-30,36-23-31-17-9-27(3)10-18-31)37-24-32-19-11-28(4)12-20-32/h5-20H,21-24H2,1-4H3/q-1. The Hall–Kier alpha value is -3.22. The molecule has 4 nitrogen and oxygen atoms in total. The lowest BCUT2D eigenvalue weighted by Gasteiger charge is -2.41. The minimum atomic E-state index is -2.55. The van der Waals surface area contributed by atoms with E-state index < -0.39 is 6.96 Å². The normalized spacial score (nSPS) is 11.6. The average Bonchev–Trinajstić information content (AvgIpc) is 2.91. The molecule has 0 saturated carbocycles. The molecule has 0 aliphatic heterocycles. The fourth-order valence-corrected chi connectivity index (χ4v) is 3.82. The van der Waals surface area contributed by atoms with Crippen LogP contribution in [0, 0.1) is 27.7 Å². The van der Waals surface area contributed by atoms with Gasteiger partial charge in [0.05, 0.1) is 0 Å². The summed E-state index contributed by atoms with van der Waals surface area (Å²) in [6.45, 7) is 6.93. The van der Waals surface area contributed by atoms with E-state index in [-0.39, 0.29) is 0 Å². The topological polar surface area (TPSA) is 36.9 Å². The highest BCUT2D eigenvalue weighted by atomic mass is 16.9. The van der Waals surface area contributed by atoms with Crippen LogP contribution < -0.4 is 0 Å². The zero-order valence-corrected chi connectivity index (χ0v) is 22.3. The summed E-state index contributed by atoms with van der Waals surface area (Å²) < 4.78 is 25.6. The second-order valence-corrected chi connectivity index (χ2v) is 9.76. The summed E-state index contributed by atoms with van der Waals surface area (Å²) in [5.41, 5.74) is 8.87. The van der Waals surface area contributed by atoms with Crippen LogP contribution in [0.15, 0.2) is 97.1 Å². The van der Waals surface area contributed by atoms with Gasteiger partial charge in [-0.3, -0.25) is 0 Å². The fourth-order valence-electron chi connectivity index (χ4n) is 3.82. The van der Waals surface area contributed by atoms with E-state index >= 15 is 0 Å². The highest BCUT2D eigenvalue weighted by molar-refractivity contribution is 6.53. The third-order valence-electron chi connectivity index (χ3n) is 6.30. The van der Waals surface area contributed by atoms with Crippen LogP contribution in [0.4, 0.5) is 0 Å². The quantitative estimate of drug-likeness (QED) is 0.191. The lowest BCUT2D eigenvalue weighted by atomic mass is 10.0. The fraction of sp³-hybridized carbons (Fsp3) is 0.250. The molecule has 0 aromatic heterocycles. The van der Waals surface area contributed by atoms with Crippen molar-refractivity contribution in [1.82, 2.24) is 0 Å². The zero-order valence-electron chi connectivity index (χ0n) is 22.3. The lowest BCUT2D eigenvalue weighted by Crippen LogP contribution is -2.48. The Kier molecular flexibility index (Phi) is 9.31. The number of hydrogen-bond acceptors (Lipinski definition) is 4.